The molecular formula is C17H12O4. The molecule has 1 heterocycles. The standard InChI is InChI=1S/C17H12O4/c18-16-9-7-13-10-14(6-8-15(13)21-16)17(19)20-11-12-4-2-1-3-5-12/h1-10H,11H2. The average molecular weight is 280 g/mol. The number of hydrogen-bond donors (Lipinski definition) is 0. The van der Waals surface area contributed by atoms with E-state index in [1.807, 2.05) is 30.3 Å². The molecule has 0 aliphatic rings. The van der Waals surface area contributed by atoms with Gasteiger partial charge in [0.25, 0.3) is 0 Å². The Kier molecular flexibility index (Phi) is 3.51. The summed E-state index contributed by atoms with van der Waals surface area (Å²) in [7, 11) is 0. The van der Waals surface area contributed by atoms with Gasteiger partial charge in [-0.2, -0.15) is 0 Å². The molecule has 4 heteroatoms. The van der Waals surface area contributed by atoms with Crippen molar-refractivity contribution in [3.05, 3.63) is 82.2 Å². The fraction of sp³-hybridized carbons (Fsp3) is 0.0588. The Bertz CT molecular complexity index is 834. The monoisotopic (exact) mass is 280 g/mol. The molecule has 2 aromatic carbocycles. The highest BCUT2D eigenvalue weighted by atomic mass is 16.5. The summed E-state index contributed by atoms with van der Waals surface area (Å²) in [5.41, 5.74) is 1.38. The number of carbonyl (C=O) groups excluding carboxylic acids is 1. The van der Waals surface area contributed by atoms with Crippen molar-refractivity contribution >= 4 is 16.9 Å². The van der Waals surface area contributed by atoms with Gasteiger partial charge in [-0.3, -0.25) is 0 Å². The lowest BCUT2D eigenvalue weighted by molar-refractivity contribution is 0.0473. The highest BCUT2D eigenvalue weighted by Gasteiger charge is 2.09. The highest BCUT2D eigenvalue weighted by molar-refractivity contribution is 5.93. The van der Waals surface area contributed by atoms with E-state index >= 15 is 0 Å². The molecule has 0 fully saturated rings. The zero-order valence-corrected chi connectivity index (χ0v) is 11.1. The van der Waals surface area contributed by atoms with Gasteiger partial charge in [-0.1, -0.05) is 30.3 Å². The first-order valence-corrected chi connectivity index (χ1v) is 6.47. The summed E-state index contributed by atoms with van der Waals surface area (Å²) in [6.45, 7) is 0.224. The van der Waals surface area contributed by atoms with Crippen molar-refractivity contribution in [1.82, 2.24) is 0 Å². The Morgan fingerprint density at radius 2 is 1.81 bits per heavy atom. The van der Waals surface area contributed by atoms with E-state index in [4.69, 9.17) is 9.15 Å². The molecule has 0 unspecified atom stereocenters. The van der Waals surface area contributed by atoms with E-state index in [-0.39, 0.29) is 6.61 Å². The van der Waals surface area contributed by atoms with E-state index < -0.39 is 11.6 Å². The van der Waals surface area contributed by atoms with Gasteiger partial charge in [-0.05, 0) is 29.8 Å². The maximum Gasteiger partial charge on any atom is 0.338 e. The molecule has 0 radical (unpaired) electrons. The van der Waals surface area contributed by atoms with E-state index in [0.29, 0.717) is 16.5 Å². The molecule has 0 saturated heterocycles. The molecule has 4 nitrogen and oxygen atoms in total. The van der Waals surface area contributed by atoms with Crippen molar-refractivity contribution in [2.45, 2.75) is 6.61 Å². The molecule has 0 N–H and O–H groups in total. The van der Waals surface area contributed by atoms with Gasteiger partial charge in [-0.15, -0.1) is 0 Å². The minimum absolute atomic E-state index is 0.224. The quantitative estimate of drug-likeness (QED) is 0.546. The Labute approximate surface area is 120 Å². The first-order chi connectivity index (χ1) is 10.2. The Hall–Kier alpha value is -2.88. The topological polar surface area (TPSA) is 56.5 Å². The first kappa shape index (κ1) is 13.1. The van der Waals surface area contributed by atoms with Crippen LogP contribution in [0.15, 0.2) is 69.9 Å². The summed E-state index contributed by atoms with van der Waals surface area (Å²) in [6, 6.07) is 17.2. The number of hydrogen-bond acceptors (Lipinski definition) is 4. The third-order valence-electron chi connectivity index (χ3n) is 3.07. The van der Waals surface area contributed by atoms with Gasteiger partial charge >= 0.3 is 11.6 Å². The summed E-state index contributed by atoms with van der Waals surface area (Å²) in [6.07, 6.45) is 0. The Balaban J connectivity index is 1.78. The highest BCUT2D eigenvalue weighted by Crippen LogP contribution is 2.15. The van der Waals surface area contributed by atoms with Gasteiger partial charge in [-0.25, -0.2) is 9.59 Å². The molecule has 1 aromatic heterocycles. The molecule has 104 valence electrons. The van der Waals surface area contributed by atoms with Gasteiger partial charge in [0.1, 0.15) is 12.2 Å². The summed E-state index contributed by atoms with van der Waals surface area (Å²) in [5.74, 6) is -0.410. The zero-order chi connectivity index (χ0) is 14.7. The van der Waals surface area contributed by atoms with E-state index in [9.17, 15) is 9.59 Å². The number of esters is 1. The SMILES string of the molecule is O=C(OCc1ccccc1)c1ccc2oc(=O)ccc2c1. The van der Waals surface area contributed by atoms with E-state index in [2.05, 4.69) is 0 Å². The first-order valence-electron chi connectivity index (χ1n) is 6.47. The fourth-order valence-electron chi connectivity index (χ4n) is 2.01. The Morgan fingerprint density at radius 3 is 2.62 bits per heavy atom. The number of benzene rings is 2. The second-order valence-corrected chi connectivity index (χ2v) is 4.57. The van der Waals surface area contributed by atoms with E-state index in [0.717, 1.165) is 5.56 Å². The minimum Gasteiger partial charge on any atom is -0.457 e. The van der Waals surface area contributed by atoms with Crippen LogP contribution in [0.5, 0.6) is 0 Å². The lowest BCUT2D eigenvalue weighted by Crippen LogP contribution is -2.05. The lowest BCUT2D eigenvalue weighted by Gasteiger charge is -2.05. The van der Waals surface area contributed by atoms with Crippen LogP contribution in [0.4, 0.5) is 0 Å². The zero-order valence-electron chi connectivity index (χ0n) is 11.1. The summed E-state index contributed by atoms with van der Waals surface area (Å²) >= 11 is 0. The fourth-order valence-corrected chi connectivity index (χ4v) is 2.01. The normalized spacial score (nSPS) is 10.5. The minimum atomic E-state index is -0.415. The van der Waals surface area contributed by atoms with Crippen LogP contribution >= 0.6 is 0 Å². The average Bonchev–Trinajstić information content (AvgIpc) is 2.53. The summed E-state index contributed by atoms with van der Waals surface area (Å²) in [5, 5.41) is 0.684. The molecular weight excluding hydrogens is 268 g/mol. The van der Waals surface area contributed by atoms with Gasteiger partial charge < -0.3 is 9.15 Å². The molecule has 0 saturated carbocycles. The van der Waals surface area contributed by atoms with Crippen LogP contribution in [0.1, 0.15) is 15.9 Å². The third kappa shape index (κ3) is 3.00. The molecule has 3 aromatic rings. The van der Waals surface area contributed by atoms with Crippen molar-refractivity contribution in [3.8, 4) is 0 Å². The molecule has 0 atom stereocenters. The van der Waals surface area contributed by atoms with Crippen LogP contribution < -0.4 is 5.63 Å². The van der Waals surface area contributed by atoms with Crippen LogP contribution in [0.25, 0.3) is 11.0 Å². The molecule has 0 aliphatic carbocycles. The van der Waals surface area contributed by atoms with Crippen LogP contribution in [0, 0.1) is 0 Å². The van der Waals surface area contributed by atoms with Crippen molar-refractivity contribution < 1.29 is 13.9 Å². The second-order valence-electron chi connectivity index (χ2n) is 4.57. The molecule has 0 spiro atoms. The van der Waals surface area contributed by atoms with Crippen molar-refractivity contribution in [3.63, 3.8) is 0 Å². The number of carbonyl (C=O) groups is 1. The van der Waals surface area contributed by atoms with Gasteiger partial charge in [0.2, 0.25) is 0 Å². The Morgan fingerprint density at radius 1 is 1.00 bits per heavy atom. The molecule has 0 bridgehead atoms. The van der Waals surface area contributed by atoms with Crippen LogP contribution in [0.3, 0.4) is 0 Å². The van der Waals surface area contributed by atoms with E-state index in [1.54, 1.807) is 24.3 Å². The number of ether oxygens (including phenoxy) is 1. The largest absolute Gasteiger partial charge is 0.457 e. The van der Waals surface area contributed by atoms with Gasteiger partial charge in [0.15, 0.2) is 0 Å². The van der Waals surface area contributed by atoms with Crippen molar-refractivity contribution in [1.29, 1.82) is 0 Å². The predicted molar refractivity (Wildman–Crippen MR) is 78.0 cm³/mol. The number of fused-ring (bicyclic) bond motifs is 1. The van der Waals surface area contributed by atoms with Gasteiger partial charge in [0, 0.05) is 11.5 Å². The second kappa shape index (κ2) is 5.63. The summed E-state index contributed by atoms with van der Waals surface area (Å²) < 4.78 is 10.3. The third-order valence-corrected chi connectivity index (χ3v) is 3.07. The lowest BCUT2D eigenvalue weighted by atomic mass is 10.1. The predicted octanol–water partition coefficient (Wildman–Crippen LogP) is 3.15. The van der Waals surface area contributed by atoms with Crippen LogP contribution in [-0.4, -0.2) is 5.97 Å². The smallest absolute Gasteiger partial charge is 0.338 e. The van der Waals surface area contributed by atoms with Crippen molar-refractivity contribution in [2.24, 2.45) is 0 Å². The van der Waals surface area contributed by atoms with Crippen LogP contribution in [0.2, 0.25) is 0 Å². The molecule has 3 rings (SSSR count). The number of rotatable bonds is 3. The molecule has 0 aliphatic heterocycles. The maximum atomic E-state index is 12.0. The summed E-state index contributed by atoms with van der Waals surface area (Å²) in [4.78, 5) is 23.1. The van der Waals surface area contributed by atoms with Gasteiger partial charge in [0.05, 0.1) is 5.56 Å². The van der Waals surface area contributed by atoms with Crippen LogP contribution in [-0.2, 0) is 11.3 Å². The molecule has 21 heavy (non-hydrogen) atoms. The van der Waals surface area contributed by atoms with Crippen molar-refractivity contribution in [2.75, 3.05) is 0 Å². The van der Waals surface area contributed by atoms with E-state index in [1.165, 1.54) is 6.07 Å². The molecule has 0 amide bonds. The maximum absolute atomic E-state index is 12.0.